The topological polar surface area (TPSA) is 92.5 Å². The number of ether oxygens (including phenoxy) is 1. The van der Waals surface area contributed by atoms with Crippen molar-refractivity contribution in [1.82, 2.24) is 29.9 Å². The predicted molar refractivity (Wildman–Crippen MR) is 139 cm³/mol. The van der Waals surface area contributed by atoms with Crippen LogP contribution in [0, 0.1) is 6.92 Å². The Balaban J connectivity index is 0.00000253. The number of aromatic nitrogens is 5. The molecular weight excluding hydrogens is 464 g/mol. The van der Waals surface area contributed by atoms with Crippen molar-refractivity contribution in [3.8, 4) is 11.5 Å². The lowest BCUT2D eigenvalue weighted by Crippen LogP contribution is -2.43. The lowest BCUT2D eigenvalue weighted by atomic mass is 10.1. The first kappa shape index (κ1) is 22.8. The highest BCUT2D eigenvalue weighted by molar-refractivity contribution is 5.93. The maximum atomic E-state index is 6.10. The second-order valence-electron chi connectivity index (χ2n) is 8.29. The van der Waals surface area contributed by atoms with Gasteiger partial charge >= 0.3 is 0 Å². The quantitative estimate of drug-likeness (QED) is 0.377. The Labute approximate surface area is 208 Å². The number of hydrogen-bond donors (Lipinski definition) is 2. The van der Waals surface area contributed by atoms with Gasteiger partial charge in [0.2, 0.25) is 0 Å². The number of benzene rings is 2. The molecule has 0 spiro atoms. The number of aryl methyl sites for hydroxylation is 1. The minimum Gasteiger partial charge on any atom is -0.457 e. The molecule has 2 aromatic carbocycles. The summed E-state index contributed by atoms with van der Waals surface area (Å²) in [4.78, 5) is 15.6. The molecule has 35 heavy (non-hydrogen) atoms. The van der Waals surface area contributed by atoms with Crippen molar-refractivity contribution in [2.24, 2.45) is 0 Å². The van der Waals surface area contributed by atoms with Crippen LogP contribution in [0.1, 0.15) is 5.56 Å². The summed E-state index contributed by atoms with van der Waals surface area (Å²) in [6.45, 7) is 6.00. The van der Waals surface area contributed by atoms with Crippen LogP contribution in [0.25, 0.3) is 16.6 Å². The van der Waals surface area contributed by atoms with Gasteiger partial charge in [0.1, 0.15) is 30.0 Å². The van der Waals surface area contributed by atoms with Crippen LogP contribution in [-0.2, 0) is 0 Å². The average Bonchev–Trinajstić information content (AvgIpc) is 3.34. The number of fused-ring (bicyclic) bond motifs is 2. The zero-order valence-electron chi connectivity index (χ0n) is 19.2. The first-order chi connectivity index (χ1) is 16.7. The number of halogens is 1. The fourth-order valence-corrected chi connectivity index (χ4v) is 4.23. The maximum Gasteiger partial charge on any atom is 0.158 e. The number of pyridine rings is 1. The van der Waals surface area contributed by atoms with Crippen molar-refractivity contribution in [3.05, 3.63) is 72.9 Å². The number of rotatable bonds is 5. The van der Waals surface area contributed by atoms with Gasteiger partial charge in [-0.25, -0.2) is 19.5 Å². The van der Waals surface area contributed by atoms with E-state index in [0.29, 0.717) is 5.75 Å². The average molecular weight is 489 g/mol. The van der Waals surface area contributed by atoms with Crippen LogP contribution in [0.5, 0.6) is 11.5 Å². The minimum absolute atomic E-state index is 0. The number of anilines is 3. The Bertz CT molecular complexity index is 1480. The van der Waals surface area contributed by atoms with E-state index in [-0.39, 0.29) is 12.4 Å². The lowest BCUT2D eigenvalue weighted by molar-refractivity contribution is 0.478. The normalized spacial score (nSPS) is 13.6. The standard InChI is InChI=1S/C25H24N8O.ClH/c1-17-12-18(2-5-23(17)34-20-6-9-33-24(14-20)28-16-30-33)31-25-21-13-19(32-10-7-26-8-11-32)3-4-22(21)27-15-29-25;/h2-6,9,12-16,26H,7-8,10-11H2,1H3,(H,27,29,31);1H. The van der Waals surface area contributed by atoms with E-state index in [4.69, 9.17) is 4.74 Å². The first-order valence-corrected chi connectivity index (χ1v) is 11.3. The smallest absolute Gasteiger partial charge is 0.158 e. The molecule has 4 heterocycles. The van der Waals surface area contributed by atoms with Crippen LogP contribution in [0.15, 0.2) is 67.4 Å². The number of piperazine rings is 1. The molecule has 1 fully saturated rings. The van der Waals surface area contributed by atoms with Crippen molar-refractivity contribution in [2.75, 3.05) is 36.4 Å². The van der Waals surface area contributed by atoms with Gasteiger partial charge in [-0.1, -0.05) is 0 Å². The SMILES string of the molecule is Cc1cc(Nc2ncnc3ccc(N4CCNCC4)cc23)ccc1Oc1ccn2ncnc2c1.Cl. The summed E-state index contributed by atoms with van der Waals surface area (Å²) in [7, 11) is 0. The largest absolute Gasteiger partial charge is 0.457 e. The highest BCUT2D eigenvalue weighted by atomic mass is 35.5. The molecule has 178 valence electrons. The Morgan fingerprint density at radius 3 is 2.69 bits per heavy atom. The number of nitrogens with one attached hydrogen (secondary N) is 2. The number of hydrogen-bond acceptors (Lipinski definition) is 8. The molecule has 0 saturated carbocycles. The van der Waals surface area contributed by atoms with E-state index in [1.54, 1.807) is 10.8 Å². The molecule has 1 aliphatic rings. The van der Waals surface area contributed by atoms with E-state index < -0.39 is 0 Å². The molecule has 9 nitrogen and oxygen atoms in total. The molecule has 1 aliphatic heterocycles. The van der Waals surface area contributed by atoms with Crippen molar-refractivity contribution >= 4 is 46.1 Å². The summed E-state index contributed by atoms with van der Waals surface area (Å²) in [5.41, 5.74) is 4.79. The molecule has 0 amide bonds. The van der Waals surface area contributed by atoms with Gasteiger partial charge in [0, 0.05) is 55.2 Å². The molecule has 3 aromatic heterocycles. The van der Waals surface area contributed by atoms with E-state index in [1.165, 1.54) is 12.0 Å². The Morgan fingerprint density at radius 2 is 1.83 bits per heavy atom. The second kappa shape index (κ2) is 9.73. The van der Waals surface area contributed by atoms with Gasteiger partial charge < -0.3 is 20.3 Å². The monoisotopic (exact) mass is 488 g/mol. The molecule has 0 bridgehead atoms. The van der Waals surface area contributed by atoms with Gasteiger partial charge in [-0.2, -0.15) is 5.10 Å². The molecule has 1 saturated heterocycles. The van der Waals surface area contributed by atoms with Gasteiger partial charge in [0.05, 0.1) is 5.52 Å². The molecule has 0 atom stereocenters. The molecule has 2 N–H and O–H groups in total. The summed E-state index contributed by atoms with van der Waals surface area (Å²) >= 11 is 0. The summed E-state index contributed by atoms with van der Waals surface area (Å²) in [6, 6.07) is 16.1. The number of nitrogens with zero attached hydrogens (tertiary/aromatic N) is 6. The third-order valence-corrected chi connectivity index (χ3v) is 6.02. The van der Waals surface area contributed by atoms with Crippen molar-refractivity contribution in [1.29, 1.82) is 0 Å². The van der Waals surface area contributed by atoms with Crippen LogP contribution in [0.4, 0.5) is 17.2 Å². The highest BCUT2D eigenvalue weighted by Gasteiger charge is 2.13. The van der Waals surface area contributed by atoms with E-state index in [1.807, 2.05) is 37.4 Å². The summed E-state index contributed by atoms with van der Waals surface area (Å²) < 4.78 is 7.80. The van der Waals surface area contributed by atoms with Crippen molar-refractivity contribution < 1.29 is 4.74 Å². The van der Waals surface area contributed by atoms with Gasteiger partial charge in [-0.05, 0) is 55.0 Å². The van der Waals surface area contributed by atoms with Crippen LogP contribution in [-0.4, -0.2) is 50.7 Å². The molecule has 0 aliphatic carbocycles. The van der Waals surface area contributed by atoms with Gasteiger partial charge in [0.15, 0.2) is 5.65 Å². The third-order valence-electron chi connectivity index (χ3n) is 6.02. The summed E-state index contributed by atoms with van der Waals surface area (Å²) in [6.07, 6.45) is 4.95. The van der Waals surface area contributed by atoms with Crippen molar-refractivity contribution in [3.63, 3.8) is 0 Å². The van der Waals surface area contributed by atoms with Crippen LogP contribution in [0.3, 0.4) is 0 Å². The Morgan fingerprint density at radius 1 is 0.943 bits per heavy atom. The van der Waals surface area contributed by atoms with Crippen LogP contribution >= 0.6 is 12.4 Å². The molecule has 6 rings (SSSR count). The third kappa shape index (κ3) is 4.68. The zero-order valence-corrected chi connectivity index (χ0v) is 20.0. The minimum atomic E-state index is 0. The highest BCUT2D eigenvalue weighted by Crippen LogP contribution is 2.31. The van der Waals surface area contributed by atoms with Crippen LogP contribution in [0.2, 0.25) is 0 Å². The van der Waals surface area contributed by atoms with Crippen molar-refractivity contribution in [2.45, 2.75) is 6.92 Å². The van der Waals surface area contributed by atoms with Gasteiger partial charge in [-0.15, -0.1) is 12.4 Å². The maximum absolute atomic E-state index is 6.10. The molecule has 10 heteroatoms. The van der Waals surface area contributed by atoms with Gasteiger partial charge in [0.25, 0.3) is 0 Å². The van der Waals surface area contributed by atoms with E-state index in [0.717, 1.165) is 65.5 Å². The lowest BCUT2D eigenvalue weighted by Gasteiger charge is -2.29. The zero-order chi connectivity index (χ0) is 22.9. The molecule has 5 aromatic rings. The second-order valence-corrected chi connectivity index (χ2v) is 8.29. The first-order valence-electron chi connectivity index (χ1n) is 11.3. The molecule has 0 unspecified atom stereocenters. The Kier molecular flexibility index (Phi) is 6.35. The van der Waals surface area contributed by atoms with Gasteiger partial charge in [-0.3, -0.25) is 0 Å². The summed E-state index contributed by atoms with van der Waals surface area (Å²) in [5.74, 6) is 2.28. The summed E-state index contributed by atoms with van der Waals surface area (Å²) in [5, 5.41) is 12.0. The van der Waals surface area contributed by atoms with E-state index >= 15 is 0 Å². The van der Waals surface area contributed by atoms with E-state index in [2.05, 4.69) is 59.8 Å². The van der Waals surface area contributed by atoms with Crippen LogP contribution < -0.4 is 20.3 Å². The fraction of sp³-hybridized carbons (Fsp3) is 0.200. The fourth-order valence-electron chi connectivity index (χ4n) is 4.23. The molecule has 0 radical (unpaired) electrons. The van der Waals surface area contributed by atoms with E-state index in [9.17, 15) is 0 Å². The predicted octanol–water partition coefficient (Wildman–Crippen LogP) is 4.35. The molecular formula is C25H25ClN8O. The Hall–Kier alpha value is -3.95.